The van der Waals surface area contributed by atoms with Crippen molar-refractivity contribution in [1.29, 1.82) is 0 Å². The fourth-order valence-electron chi connectivity index (χ4n) is 3.03. The zero-order valence-electron chi connectivity index (χ0n) is 17.5. The van der Waals surface area contributed by atoms with Gasteiger partial charge in [0.15, 0.2) is 5.13 Å². The molecule has 0 fully saturated rings. The topological polar surface area (TPSA) is 76.8 Å². The molecule has 0 spiro atoms. The number of amides is 1. The van der Waals surface area contributed by atoms with Crippen molar-refractivity contribution in [3.05, 3.63) is 70.7 Å². The summed E-state index contributed by atoms with van der Waals surface area (Å²) < 4.78 is 1.72. The number of aromatic nitrogens is 5. The molecule has 9 heteroatoms. The van der Waals surface area contributed by atoms with Crippen molar-refractivity contribution in [2.75, 3.05) is 4.90 Å². The lowest BCUT2D eigenvalue weighted by atomic mass is 10.1. The number of thiazole rings is 1. The molecule has 7 nitrogen and oxygen atoms in total. The fourth-order valence-corrected chi connectivity index (χ4v) is 4.80. The molecule has 0 N–H and O–H groups in total. The van der Waals surface area contributed by atoms with Gasteiger partial charge in [0.05, 0.1) is 17.1 Å². The smallest absolute Gasteiger partial charge is 0.230 e. The third-order valence-corrected chi connectivity index (χ3v) is 6.54. The summed E-state index contributed by atoms with van der Waals surface area (Å²) in [7, 11) is 0. The Kier molecular flexibility index (Phi) is 6.43. The van der Waals surface area contributed by atoms with Crippen LogP contribution in [0.15, 0.2) is 59.1 Å². The summed E-state index contributed by atoms with van der Waals surface area (Å²) >= 11 is 2.96. The van der Waals surface area contributed by atoms with Crippen LogP contribution >= 0.6 is 23.1 Å². The van der Waals surface area contributed by atoms with Crippen LogP contribution in [0.25, 0.3) is 5.69 Å². The number of aryl methyl sites for hydroxylation is 2. The largest absolute Gasteiger partial charge is 0.274 e. The number of hydrogen-bond acceptors (Lipinski definition) is 7. The molecule has 1 amide bonds. The van der Waals surface area contributed by atoms with Gasteiger partial charge in [0, 0.05) is 18.1 Å². The van der Waals surface area contributed by atoms with Crippen molar-refractivity contribution < 1.29 is 4.79 Å². The summed E-state index contributed by atoms with van der Waals surface area (Å²) in [5.41, 5.74) is 5.02. The van der Waals surface area contributed by atoms with E-state index in [9.17, 15) is 4.79 Å². The summed E-state index contributed by atoms with van der Waals surface area (Å²) in [6.45, 7) is 5.71. The third kappa shape index (κ3) is 4.83. The van der Waals surface area contributed by atoms with E-state index in [1.807, 2.05) is 60.8 Å². The lowest BCUT2D eigenvalue weighted by Gasteiger charge is -2.18. The summed E-state index contributed by atoms with van der Waals surface area (Å²) in [4.78, 5) is 18.7. The highest BCUT2D eigenvalue weighted by Gasteiger charge is 2.18. The van der Waals surface area contributed by atoms with Gasteiger partial charge in [-0.1, -0.05) is 48.5 Å². The summed E-state index contributed by atoms with van der Waals surface area (Å²) in [6.07, 6.45) is 0.959. The maximum atomic E-state index is 12.3. The van der Waals surface area contributed by atoms with Gasteiger partial charge in [0.1, 0.15) is 0 Å². The molecule has 0 aliphatic rings. The predicted octanol–water partition coefficient (Wildman–Crippen LogP) is 4.97. The van der Waals surface area contributed by atoms with Crippen molar-refractivity contribution in [2.24, 2.45) is 0 Å². The van der Waals surface area contributed by atoms with Crippen molar-refractivity contribution in [2.45, 2.75) is 38.1 Å². The van der Waals surface area contributed by atoms with Crippen LogP contribution in [0, 0.1) is 6.92 Å². The normalized spacial score (nSPS) is 10.9. The standard InChI is InChI=1S/C22H22N6OS2/c1-4-17-7-11-19(12-8-17)27(16(3)29)21-23-18(13-30-21)14-31-22-24-25-26-28(22)20-9-5-15(2)6-10-20/h5-13H,4,14H2,1-3H3. The van der Waals surface area contributed by atoms with Crippen LogP contribution < -0.4 is 4.90 Å². The molecule has 2 aromatic carbocycles. The van der Waals surface area contributed by atoms with Gasteiger partial charge in [-0.15, -0.1) is 16.4 Å². The number of nitrogens with zero attached hydrogens (tertiary/aromatic N) is 6. The van der Waals surface area contributed by atoms with E-state index in [0.29, 0.717) is 16.0 Å². The number of hydrogen-bond donors (Lipinski definition) is 0. The molecule has 0 atom stereocenters. The quantitative estimate of drug-likeness (QED) is 0.370. The first-order chi connectivity index (χ1) is 15.0. The molecule has 0 saturated heterocycles. The van der Waals surface area contributed by atoms with Crippen LogP contribution in [-0.2, 0) is 17.0 Å². The molecule has 158 valence electrons. The highest BCUT2D eigenvalue weighted by atomic mass is 32.2. The second kappa shape index (κ2) is 9.40. The van der Waals surface area contributed by atoms with Gasteiger partial charge in [0.25, 0.3) is 0 Å². The van der Waals surface area contributed by atoms with E-state index < -0.39 is 0 Å². The molecule has 0 unspecified atom stereocenters. The predicted molar refractivity (Wildman–Crippen MR) is 124 cm³/mol. The molecule has 31 heavy (non-hydrogen) atoms. The zero-order valence-corrected chi connectivity index (χ0v) is 19.2. The van der Waals surface area contributed by atoms with Gasteiger partial charge >= 0.3 is 0 Å². The second-order valence-corrected chi connectivity index (χ2v) is 8.77. The Hall–Kier alpha value is -3.04. The van der Waals surface area contributed by atoms with Crippen LogP contribution in [0.3, 0.4) is 0 Å². The van der Waals surface area contributed by atoms with Gasteiger partial charge in [-0.2, -0.15) is 4.68 Å². The molecule has 4 rings (SSSR count). The second-order valence-electron chi connectivity index (χ2n) is 6.99. The van der Waals surface area contributed by atoms with E-state index in [-0.39, 0.29) is 5.91 Å². The van der Waals surface area contributed by atoms with Gasteiger partial charge in [-0.3, -0.25) is 9.69 Å². The Labute approximate surface area is 189 Å². The molecule has 0 bridgehead atoms. The van der Waals surface area contributed by atoms with Gasteiger partial charge in [-0.25, -0.2) is 4.98 Å². The molecule has 0 aliphatic carbocycles. The highest BCUT2D eigenvalue weighted by molar-refractivity contribution is 7.98. The van der Waals surface area contributed by atoms with Gasteiger partial charge < -0.3 is 0 Å². The van der Waals surface area contributed by atoms with Crippen molar-refractivity contribution in [1.82, 2.24) is 25.2 Å². The van der Waals surface area contributed by atoms with Crippen molar-refractivity contribution in [3.8, 4) is 5.69 Å². The minimum absolute atomic E-state index is 0.0684. The molecule has 0 saturated carbocycles. The lowest BCUT2D eigenvalue weighted by molar-refractivity contribution is -0.115. The van der Waals surface area contributed by atoms with Crippen LogP contribution in [0.1, 0.15) is 30.7 Å². The van der Waals surface area contributed by atoms with Crippen molar-refractivity contribution >= 4 is 39.8 Å². The van der Waals surface area contributed by atoms with Gasteiger partial charge in [-0.05, 0) is 53.6 Å². The zero-order chi connectivity index (χ0) is 21.8. The number of carbonyl (C=O) groups excluding carboxylic acids is 1. The van der Waals surface area contributed by atoms with Crippen LogP contribution in [-0.4, -0.2) is 31.1 Å². The third-order valence-electron chi connectivity index (χ3n) is 4.72. The molecule has 0 aliphatic heterocycles. The average molecular weight is 451 g/mol. The molecular weight excluding hydrogens is 428 g/mol. The van der Waals surface area contributed by atoms with E-state index in [2.05, 4.69) is 27.4 Å². The Morgan fingerprint density at radius 1 is 1.13 bits per heavy atom. The van der Waals surface area contributed by atoms with E-state index in [4.69, 9.17) is 0 Å². The van der Waals surface area contributed by atoms with E-state index in [0.717, 1.165) is 23.5 Å². The number of tetrazole rings is 1. The number of carbonyl (C=O) groups is 1. The summed E-state index contributed by atoms with van der Waals surface area (Å²) in [5, 5.41) is 15.4. The monoisotopic (exact) mass is 450 g/mol. The number of benzene rings is 2. The van der Waals surface area contributed by atoms with Crippen molar-refractivity contribution in [3.63, 3.8) is 0 Å². The SMILES string of the molecule is CCc1ccc(N(C(C)=O)c2nc(CSc3nnnn3-c3ccc(C)cc3)cs2)cc1. The minimum Gasteiger partial charge on any atom is -0.274 e. The minimum atomic E-state index is -0.0684. The number of rotatable bonds is 7. The molecule has 2 heterocycles. The maximum Gasteiger partial charge on any atom is 0.230 e. The molecule has 0 radical (unpaired) electrons. The first-order valence-corrected chi connectivity index (χ1v) is 11.7. The van der Waals surface area contributed by atoms with E-state index >= 15 is 0 Å². The Morgan fingerprint density at radius 2 is 1.87 bits per heavy atom. The van der Waals surface area contributed by atoms with Crippen LogP contribution in [0.4, 0.5) is 10.8 Å². The molecule has 2 aromatic heterocycles. The van der Waals surface area contributed by atoms with Crippen LogP contribution in [0.5, 0.6) is 0 Å². The maximum absolute atomic E-state index is 12.3. The average Bonchev–Trinajstić information content (AvgIpc) is 3.43. The van der Waals surface area contributed by atoms with Crippen LogP contribution in [0.2, 0.25) is 0 Å². The summed E-state index contributed by atoms with van der Waals surface area (Å²) in [5.74, 6) is 0.532. The lowest BCUT2D eigenvalue weighted by Crippen LogP contribution is -2.22. The first-order valence-electron chi connectivity index (χ1n) is 9.87. The van der Waals surface area contributed by atoms with E-state index in [1.165, 1.54) is 34.2 Å². The Bertz CT molecular complexity index is 1170. The molecular formula is C22H22N6OS2. The van der Waals surface area contributed by atoms with Gasteiger partial charge in [0.2, 0.25) is 11.1 Å². The van der Waals surface area contributed by atoms with E-state index in [1.54, 1.807) is 16.5 Å². The Balaban J connectivity index is 1.49. The number of thioether (sulfide) groups is 1. The Morgan fingerprint density at radius 3 is 2.55 bits per heavy atom. The number of anilines is 2. The highest BCUT2D eigenvalue weighted by Crippen LogP contribution is 2.31. The first kappa shape index (κ1) is 21.2. The molecule has 4 aromatic rings. The fraction of sp³-hybridized carbons (Fsp3) is 0.227. The summed E-state index contributed by atoms with van der Waals surface area (Å²) in [6, 6.07) is 16.1.